The molecule has 0 aliphatic carbocycles. The minimum atomic E-state index is 0.608. The van der Waals surface area contributed by atoms with Gasteiger partial charge in [0.2, 0.25) is 0 Å². The summed E-state index contributed by atoms with van der Waals surface area (Å²) in [7, 11) is 4.33. The quantitative estimate of drug-likeness (QED) is 0.819. The van der Waals surface area contributed by atoms with E-state index >= 15 is 0 Å². The number of benzene rings is 1. The Morgan fingerprint density at radius 3 is 2.47 bits per heavy atom. The molecule has 19 heavy (non-hydrogen) atoms. The third-order valence-electron chi connectivity index (χ3n) is 3.41. The van der Waals surface area contributed by atoms with Gasteiger partial charge in [-0.2, -0.15) is 0 Å². The Bertz CT molecular complexity index is 388. The predicted octanol–water partition coefficient (Wildman–Crippen LogP) is 3.82. The van der Waals surface area contributed by atoms with Crippen molar-refractivity contribution in [2.45, 2.75) is 39.8 Å². The lowest BCUT2D eigenvalue weighted by atomic mass is 10.0. The second-order valence-electron chi connectivity index (χ2n) is 5.96. The number of nitrogens with one attached hydrogen (secondary N) is 1. The van der Waals surface area contributed by atoms with Gasteiger partial charge in [0.05, 0.1) is 0 Å². The van der Waals surface area contributed by atoms with E-state index in [0.717, 1.165) is 19.0 Å². The molecule has 0 amide bonds. The van der Waals surface area contributed by atoms with Crippen molar-refractivity contribution in [1.82, 2.24) is 10.2 Å². The SMILES string of the molecule is Cc1cc(CNCC(CC(C)C)N(C)C)ccc1Br. The molecular formula is C16H27BrN2. The summed E-state index contributed by atoms with van der Waals surface area (Å²) in [5, 5.41) is 3.58. The zero-order valence-electron chi connectivity index (χ0n) is 12.8. The van der Waals surface area contributed by atoms with Gasteiger partial charge in [-0.3, -0.25) is 0 Å². The number of halogens is 1. The molecule has 2 nitrogen and oxygen atoms in total. The highest BCUT2D eigenvalue weighted by Crippen LogP contribution is 2.17. The first-order chi connectivity index (χ1) is 8.90. The molecule has 0 bridgehead atoms. The van der Waals surface area contributed by atoms with Gasteiger partial charge in [-0.25, -0.2) is 0 Å². The summed E-state index contributed by atoms with van der Waals surface area (Å²) in [6.45, 7) is 8.69. The third kappa shape index (κ3) is 6.07. The van der Waals surface area contributed by atoms with Crippen molar-refractivity contribution < 1.29 is 0 Å². The molecule has 0 radical (unpaired) electrons. The van der Waals surface area contributed by atoms with E-state index in [4.69, 9.17) is 0 Å². The van der Waals surface area contributed by atoms with Crippen LogP contribution in [-0.2, 0) is 6.54 Å². The van der Waals surface area contributed by atoms with Gasteiger partial charge in [0.1, 0.15) is 0 Å². The van der Waals surface area contributed by atoms with Crippen molar-refractivity contribution in [1.29, 1.82) is 0 Å². The molecule has 0 saturated carbocycles. The summed E-state index contributed by atoms with van der Waals surface area (Å²) in [6, 6.07) is 7.15. The van der Waals surface area contributed by atoms with Crippen LogP contribution in [0.3, 0.4) is 0 Å². The monoisotopic (exact) mass is 326 g/mol. The Morgan fingerprint density at radius 2 is 1.95 bits per heavy atom. The van der Waals surface area contributed by atoms with Gasteiger partial charge in [0, 0.05) is 23.6 Å². The van der Waals surface area contributed by atoms with Gasteiger partial charge in [-0.1, -0.05) is 41.9 Å². The van der Waals surface area contributed by atoms with E-state index in [2.05, 4.69) is 79.2 Å². The van der Waals surface area contributed by atoms with Crippen LogP contribution in [0.15, 0.2) is 22.7 Å². The molecule has 0 heterocycles. The normalized spacial score (nSPS) is 13.3. The van der Waals surface area contributed by atoms with Crippen molar-refractivity contribution in [2.75, 3.05) is 20.6 Å². The van der Waals surface area contributed by atoms with Crippen LogP contribution in [0, 0.1) is 12.8 Å². The zero-order valence-corrected chi connectivity index (χ0v) is 14.4. The van der Waals surface area contributed by atoms with E-state index in [0.29, 0.717) is 6.04 Å². The second-order valence-corrected chi connectivity index (χ2v) is 6.82. The van der Waals surface area contributed by atoms with Crippen LogP contribution in [0.1, 0.15) is 31.4 Å². The lowest BCUT2D eigenvalue weighted by Crippen LogP contribution is -2.38. The molecule has 108 valence electrons. The molecule has 0 spiro atoms. The molecule has 1 aromatic rings. The summed E-state index contributed by atoms with van der Waals surface area (Å²) in [5.41, 5.74) is 2.65. The second kappa shape index (κ2) is 8.03. The molecule has 1 rings (SSSR count). The van der Waals surface area contributed by atoms with E-state index in [1.165, 1.54) is 22.0 Å². The smallest absolute Gasteiger partial charge is 0.0217 e. The highest BCUT2D eigenvalue weighted by molar-refractivity contribution is 9.10. The van der Waals surface area contributed by atoms with Crippen LogP contribution in [-0.4, -0.2) is 31.6 Å². The summed E-state index contributed by atoms with van der Waals surface area (Å²) < 4.78 is 1.18. The lowest BCUT2D eigenvalue weighted by Gasteiger charge is -2.26. The summed E-state index contributed by atoms with van der Waals surface area (Å²) in [5.74, 6) is 0.740. The van der Waals surface area contributed by atoms with Gasteiger partial charge in [-0.15, -0.1) is 0 Å². The molecular weight excluding hydrogens is 300 g/mol. The van der Waals surface area contributed by atoms with Gasteiger partial charge < -0.3 is 10.2 Å². The highest BCUT2D eigenvalue weighted by atomic mass is 79.9. The topological polar surface area (TPSA) is 15.3 Å². The van der Waals surface area contributed by atoms with Crippen molar-refractivity contribution in [2.24, 2.45) is 5.92 Å². The van der Waals surface area contributed by atoms with Crippen LogP contribution in [0.5, 0.6) is 0 Å². The number of hydrogen-bond acceptors (Lipinski definition) is 2. The van der Waals surface area contributed by atoms with Gasteiger partial charge in [0.25, 0.3) is 0 Å². The van der Waals surface area contributed by atoms with E-state index in [1.807, 2.05) is 0 Å². The predicted molar refractivity (Wildman–Crippen MR) is 87.5 cm³/mol. The fourth-order valence-electron chi connectivity index (χ4n) is 2.22. The fourth-order valence-corrected chi connectivity index (χ4v) is 2.47. The molecule has 3 heteroatoms. The number of aryl methyl sites for hydroxylation is 1. The first kappa shape index (κ1) is 16.7. The summed E-state index contributed by atoms with van der Waals surface area (Å²) in [4.78, 5) is 2.32. The molecule has 0 aliphatic rings. The summed E-state index contributed by atoms with van der Waals surface area (Å²) in [6.07, 6.45) is 1.24. The number of nitrogens with zero attached hydrogens (tertiary/aromatic N) is 1. The highest BCUT2D eigenvalue weighted by Gasteiger charge is 2.12. The van der Waals surface area contributed by atoms with E-state index in [-0.39, 0.29) is 0 Å². The molecule has 1 aromatic carbocycles. The van der Waals surface area contributed by atoms with Crippen molar-refractivity contribution >= 4 is 15.9 Å². The maximum absolute atomic E-state index is 3.58. The Kier molecular flexibility index (Phi) is 7.05. The fraction of sp³-hybridized carbons (Fsp3) is 0.625. The molecule has 0 saturated heterocycles. The van der Waals surface area contributed by atoms with Crippen LogP contribution in [0.4, 0.5) is 0 Å². The Hall–Kier alpha value is -0.380. The van der Waals surface area contributed by atoms with Crippen LogP contribution in [0.25, 0.3) is 0 Å². The van der Waals surface area contributed by atoms with Crippen LogP contribution in [0.2, 0.25) is 0 Å². The standard InChI is InChI=1S/C16H27BrN2/c1-12(2)8-15(19(4)5)11-18-10-14-6-7-16(17)13(3)9-14/h6-7,9,12,15,18H,8,10-11H2,1-5H3. The number of hydrogen-bond donors (Lipinski definition) is 1. The van der Waals surface area contributed by atoms with E-state index < -0.39 is 0 Å². The van der Waals surface area contributed by atoms with Gasteiger partial charge in [0.15, 0.2) is 0 Å². The first-order valence-corrected chi connectivity index (χ1v) is 7.81. The van der Waals surface area contributed by atoms with Crippen LogP contribution >= 0.6 is 15.9 Å². The Morgan fingerprint density at radius 1 is 1.26 bits per heavy atom. The molecule has 0 fully saturated rings. The number of likely N-dealkylation sites (N-methyl/N-ethyl adjacent to an activating group) is 1. The molecule has 1 unspecified atom stereocenters. The molecule has 0 aromatic heterocycles. The molecule has 1 N–H and O–H groups in total. The first-order valence-electron chi connectivity index (χ1n) is 7.02. The summed E-state index contributed by atoms with van der Waals surface area (Å²) >= 11 is 3.54. The maximum atomic E-state index is 3.58. The van der Waals surface area contributed by atoms with Gasteiger partial charge in [-0.05, 0) is 50.6 Å². The maximum Gasteiger partial charge on any atom is 0.0217 e. The van der Waals surface area contributed by atoms with E-state index in [1.54, 1.807) is 0 Å². The Labute approximate surface area is 126 Å². The van der Waals surface area contributed by atoms with Crippen molar-refractivity contribution in [3.8, 4) is 0 Å². The van der Waals surface area contributed by atoms with Crippen molar-refractivity contribution in [3.05, 3.63) is 33.8 Å². The van der Waals surface area contributed by atoms with Gasteiger partial charge >= 0.3 is 0 Å². The van der Waals surface area contributed by atoms with E-state index in [9.17, 15) is 0 Å². The van der Waals surface area contributed by atoms with Crippen LogP contribution < -0.4 is 5.32 Å². The minimum Gasteiger partial charge on any atom is -0.311 e. The Balaban J connectivity index is 2.45. The lowest BCUT2D eigenvalue weighted by molar-refractivity contribution is 0.246. The number of rotatable bonds is 7. The molecule has 0 aliphatic heterocycles. The zero-order chi connectivity index (χ0) is 14.4. The average molecular weight is 327 g/mol. The van der Waals surface area contributed by atoms with Crippen molar-refractivity contribution in [3.63, 3.8) is 0 Å². The minimum absolute atomic E-state index is 0.608. The largest absolute Gasteiger partial charge is 0.311 e. The molecule has 1 atom stereocenters. The third-order valence-corrected chi connectivity index (χ3v) is 4.29. The average Bonchev–Trinajstić information content (AvgIpc) is 2.31.